The number of nitrogens with one attached hydrogen (secondary N) is 1. The molecule has 5 nitrogen and oxygen atoms in total. The Morgan fingerprint density at radius 3 is 2.40 bits per heavy atom. The summed E-state index contributed by atoms with van der Waals surface area (Å²) in [6.45, 7) is 2.60. The molecule has 7 heteroatoms. The smallest absolute Gasteiger partial charge is 0.255 e. The van der Waals surface area contributed by atoms with Gasteiger partial charge in [0.2, 0.25) is 0 Å². The van der Waals surface area contributed by atoms with Crippen molar-refractivity contribution in [2.75, 3.05) is 19.0 Å². The Balaban J connectivity index is 1.81. The van der Waals surface area contributed by atoms with Gasteiger partial charge in [-0.3, -0.25) is 4.79 Å². The molecule has 0 aromatic heterocycles. The minimum atomic E-state index is -0.305. The summed E-state index contributed by atoms with van der Waals surface area (Å²) in [7, 11) is 1.58. The van der Waals surface area contributed by atoms with E-state index in [-0.39, 0.29) is 12.5 Å². The molecule has 0 bridgehead atoms. The second-order valence-corrected chi connectivity index (χ2v) is 7.12. The van der Waals surface area contributed by atoms with Crippen LogP contribution in [0.15, 0.2) is 60.7 Å². The lowest BCUT2D eigenvalue weighted by Crippen LogP contribution is -2.13. The van der Waals surface area contributed by atoms with E-state index in [1.807, 2.05) is 31.2 Å². The van der Waals surface area contributed by atoms with Gasteiger partial charge < -0.3 is 19.5 Å². The molecular formula is C23H21Cl2NO4. The fourth-order valence-corrected chi connectivity index (χ4v) is 3.26. The number of hydrogen-bond donors (Lipinski definition) is 1. The second kappa shape index (κ2) is 10.2. The Bertz CT molecular complexity index is 1040. The molecule has 0 saturated heterocycles. The van der Waals surface area contributed by atoms with E-state index in [2.05, 4.69) is 5.32 Å². The van der Waals surface area contributed by atoms with E-state index >= 15 is 0 Å². The molecule has 1 amide bonds. The summed E-state index contributed by atoms with van der Waals surface area (Å²) in [6, 6.07) is 17.4. The summed E-state index contributed by atoms with van der Waals surface area (Å²) < 4.78 is 16.9. The van der Waals surface area contributed by atoms with Gasteiger partial charge in [0.25, 0.3) is 5.91 Å². The zero-order valence-electron chi connectivity index (χ0n) is 16.6. The molecule has 156 valence electrons. The predicted octanol–water partition coefficient (Wildman–Crippen LogP) is 6.23. The molecule has 3 aromatic carbocycles. The summed E-state index contributed by atoms with van der Waals surface area (Å²) in [6.07, 6.45) is 0. The summed E-state index contributed by atoms with van der Waals surface area (Å²) in [5.41, 5.74) is 1.66. The highest BCUT2D eigenvalue weighted by Gasteiger charge is 2.14. The van der Waals surface area contributed by atoms with Gasteiger partial charge in [0, 0.05) is 16.1 Å². The highest BCUT2D eigenvalue weighted by Crippen LogP contribution is 2.30. The number of ether oxygens (including phenoxy) is 3. The molecule has 0 saturated carbocycles. The summed E-state index contributed by atoms with van der Waals surface area (Å²) in [5, 5.41) is 3.65. The molecule has 0 spiro atoms. The van der Waals surface area contributed by atoms with Gasteiger partial charge in [-0.15, -0.1) is 0 Å². The van der Waals surface area contributed by atoms with Gasteiger partial charge in [0.1, 0.15) is 12.4 Å². The van der Waals surface area contributed by atoms with Crippen molar-refractivity contribution < 1.29 is 19.0 Å². The second-order valence-electron chi connectivity index (χ2n) is 6.27. The van der Waals surface area contributed by atoms with Crippen LogP contribution in [0.25, 0.3) is 0 Å². The van der Waals surface area contributed by atoms with Crippen molar-refractivity contribution in [1.29, 1.82) is 0 Å². The molecule has 30 heavy (non-hydrogen) atoms. The van der Waals surface area contributed by atoms with E-state index in [1.165, 1.54) is 0 Å². The van der Waals surface area contributed by atoms with Crippen LogP contribution in [0.2, 0.25) is 10.0 Å². The zero-order chi connectivity index (χ0) is 21.5. The van der Waals surface area contributed by atoms with Gasteiger partial charge in [0.15, 0.2) is 11.5 Å². The fraction of sp³-hybridized carbons (Fsp3) is 0.174. The van der Waals surface area contributed by atoms with Crippen LogP contribution in [-0.2, 0) is 6.61 Å². The number of carbonyl (C=O) groups excluding carboxylic acids is 1. The molecular weight excluding hydrogens is 425 g/mol. The average Bonchev–Trinajstić information content (AvgIpc) is 2.75. The van der Waals surface area contributed by atoms with Crippen molar-refractivity contribution in [2.24, 2.45) is 0 Å². The van der Waals surface area contributed by atoms with Crippen molar-refractivity contribution in [3.8, 4) is 17.2 Å². The first kappa shape index (κ1) is 21.8. The van der Waals surface area contributed by atoms with Crippen molar-refractivity contribution in [2.45, 2.75) is 13.5 Å². The van der Waals surface area contributed by atoms with Gasteiger partial charge in [0.05, 0.1) is 24.4 Å². The predicted molar refractivity (Wildman–Crippen MR) is 119 cm³/mol. The van der Waals surface area contributed by atoms with Crippen molar-refractivity contribution in [1.82, 2.24) is 0 Å². The molecule has 0 aliphatic carbocycles. The number of anilines is 1. The Labute approximate surface area is 185 Å². The maximum atomic E-state index is 12.7. The molecule has 0 aliphatic rings. The monoisotopic (exact) mass is 445 g/mol. The Morgan fingerprint density at radius 2 is 1.70 bits per heavy atom. The van der Waals surface area contributed by atoms with Crippen LogP contribution in [0.3, 0.4) is 0 Å². The summed E-state index contributed by atoms with van der Waals surface area (Å²) in [5.74, 6) is 1.57. The van der Waals surface area contributed by atoms with Gasteiger partial charge in [-0.25, -0.2) is 0 Å². The third-order valence-corrected chi connectivity index (χ3v) is 4.80. The minimum Gasteiger partial charge on any atom is -0.493 e. The summed E-state index contributed by atoms with van der Waals surface area (Å²) in [4.78, 5) is 12.7. The molecule has 0 heterocycles. The zero-order valence-corrected chi connectivity index (χ0v) is 18.1. The molecule has 0 unspecified atom stereocenters. The Morgan fingerprint density at radius 1 is 0.933 bits per heavy atom. The first-order valence-electron chi connectivity index (χ1n) is 9.29. The summed E-state index contributed by atoms with van der Waals surface area (Å²) >= 11 is 12.1. The number of hydrogen-bond acceptors (Lipinski definition) is 4. The van der Waals surface area contributed by atoms with E-state index < -0.39 is 0 Å². The highest BCUT2D eigenvalue weighted by molar-refractivity contribution is 6.36. The van der Waals surface area contributed by atoms with E-state index in [0.717, 1.165) is 5.56 Å². The lowest BCUT2D eigenvalue weighted by atomic mass is 10.1. The van der Waals surface area contributed by atoms with Crippen molar-refractivity contribution >= 4 is 34.8 Å². The van der Waals surface area contributed by atoms with Crippen molar-refractivity contribution in [3.63, 3.8) is 0 Å². The number of carbonyl (C=O) groups is 1. The maximum Gasteiger partial charge on any atom is 0.255 e. The third-order valence-electron chi connectivity index (χ3n) is 4.25. The number of halogens is 2. The number of rotatable bonds is 8. The molecule has 1 N–H and O–H groups in total. The van der Waals surface area contributed by atoms with Crippen LogP contribution in [0, 0.1) is 0 Å². The van der Waals surface area contributed by atoms with E-state index in [1.54, 1.807) is 43.5 Å². The minimum absolute atomic E-state index is 0.207. The maximum absolute atomic E-state index is 12.7. The van der Waals surface area contributed by atoms with E-state index in [9.17, 15) is 4.79 Å². The van der Waals surface area contributed by atoms with Gasteiger partial charge in [-0.05, 0) is 55.5 Å². The van der Waals surface area contributed by atoms with Gasteiger partial charge in [-0.2, -0.15) is 0 Å². The number of methoxy groups -OCH3 is 1. The van der Waals surface area contributed by atoms with Crippen LogP contribution in [0.4, 0.5) is 5.69 Å². The normalized spacial score (nSPS) is 10.4. The highest BCUT2D eigenvalue weighted by atomic mass is 35.5. The van der Waals surface area contributed by atoms with Gasteiger partial charge in [-0.1, -0.05) is 35.3 Å². The van der Waals surface area contributed by atoms with Crippen LogP contribution < -0.4 is 19.5 Å². The lowest BCUT2D eigenvalue weighted by Gasteiger charge is -2.15. The average molecular weight is 446 g/mol. The van der Waals surface area contributed by atoms with E-state index in [0.29, 0.717) is 45.2 Å². The Hall–Kier alpha value is -2.89. The molecule has 0 aliphatic heterocycles. The first-order valence-corrected chi connectivity index (χ1v) is 10.1. The molecule has 3 aromatic rings. The van der Waals surface area contributed by atoms with Gasteiger partial charge >= 0.3 is 0 Å². The molecule has 0 atom stereocenters. The van der Waals surface area contributed by atoms with Crippen LogP contribution in [-0.4, -0.2) is 19.6 Å². The van der Waals surface area contributed by atoms with Crippen LogP contribution in [0.5, 0.6) is 17.2 Å². The number of amides is 1. The largest absolute Gasteiger partial charge is 0.493 e. The topological polar surface area (TPSA) is 56.8 Å². The third kappa shape index (κ3) is 5.38. The molecule has 3 rings (SSSR count). The first-order chi connectivity index (χ1) is 14.5. The Kier molecular flexibility index (Phi) is 7.44. The number of benzene rings is 3. The van der Waals surface area contributed by atoms with Crippen LogP contribution in [0.1, 0.15) is 22.8 Å². The quantitative estimate of drug-likeness (QED) is 0.446. The SMILES string of the molecule is CCOc1ccc(C(=O)Nc2ccc(Cl)cc2Cl)cc1COc1ccccc1OC. The number of para-hydroxylation sites is 2. The fourth-order valence-electron chi connectivity index (χ4n) is 2.81. The standard InChI is InChI=1S/C23H21Cl2NO4/c1-3-29-20-11-8-15(23(27)26-19-10-9-17(24)13-18(19)25)12-16(20)14-30-22-7-5-4-6-21(22)28-2/h4-13H,3,14H2,1-2H3,(H,26,27). The molecule has 0 fully saturated rings. The van der Waals surface area contributed by atoms with E-state index in [4.69, 9.17) is 37.4 Å². The van der Waals surface area contributed by atoms with Crippen LogP contribution >= 0.6 is 23.2 Å². The lowest BCUT2D eigenvalue weighted by molar-refractivity contribution is 0.102. The molecule has 0 radical (unpaired) electrons. The van der Waals surface area contributed by atoms with Crippen molar-refractivity contribution in [3.05, 3.63) is 81.8 Å².